The van der Waals surface area contributed by atoms with Crippen LogP contribution in [0.1, 0.15) is 11.1 Å². The number of hydrogen-bond acceptors (Lipinski definition) is 3. The van der Waals surface area contributed by atoms with Gasteiger partial charge in [0, 0.05) is 5.56 Å². The topological polar surface area (TPSA) is 76.4 Å². The molecule has 1 aromatic carbocycles. The lowest BCUT2D eigenvalue weighted by Gasteiger charge is -2.06. The van der Waals surface area contributed by atoms with E-state index < -0.39 is 0 Å². The Balaban J connectivity index is 3.10. The van der Waals surface area contributed by atoms with Gasteiger partial charge in [-0.1, -0.05) is 24.3 Å². The predicted octanol–water partition coefficient (Wildman–Crippen LogP) is 0.0786. The highest BCUT2D eigenvalue weighted by Crippen LogP contribution is 2.05. The molecule has 0 saturated carbocycles. The number of nitrogens with zero attached hydrogens (tertiary/aromatic N) is 1. The molecule has 12 heavy (non-hydrogen) atoms. The minimum Gasteiger partial charge on any atom is -0.321 e. The van der Waals surface area contributed by atoms with E-state index in [1.807, 2.05) is 31.2 Å². The molecule has 0 amide bonds. The smallest absolute Gasteiger partial charge is 0.167 e. The number of benzene rings is 1. The Labute approximate surface area is 71.2 Å². The van der Waals surface area contributed by atoms with E-state index in [2.05, 4.69) is 10.5 Å². The van der Waals surface area contributed by atoms with Crippen molar-refractivity contribution in [3.8, 4) is 0 Å². The number of hydrogen-bond donors (Lipinski definition) is 3. The summed E-state index contributed by atoms with van der Waals surface area (Å²) in [5, 5.41) is 3.52. The van der Waals surface area contributed by atoms with Crippen LogP contribution in [0, 0.1) is 6.92 Å². The number of aryl methyl sites for hydroxylation is 1. The summed E-state index contributed by atoms with van der Waals surface area (Å²) in [5.74, 6) is 10.8. The van der Waals surface area contributed by atoms with E-state index in [0.717, 1.165) is 11.1 Å². The first-order valence-corrected chi connectivity index (χ1v) is 3.60. The summed E-state index contributed by atoms with van der Waals surface area (Å²) >= 11 is 0. The molecule has 0 saturated heterocycles. The van der Waals surface area contributed by atoms with Gasteiger partial charge in [-0.25, -0.2) is 5.84 Å². The first-order valence-electron chi connectivity index (χ1n) is 3.60. The molecule has 5 N–H and O–H groups in total. The minimum absolute atomic E-state index is 0.494. The van der Waals surface area contributed by atoms with Crippen LogP contribution in [0.25, 0.3) is 0 Å². The van der Waals surface area contributed by atoms with Crippen molar-refractivity contribution in [2.75, 3.05) is 0 Å². The van der Waals surface area contributed by atoms with Crippen LogP contribution in [0.4, 0.5) is 0 Å². The maximum Gasteiger partial charge on any atom is 0.167 e. The molecule has 0 aliphatic carbocycles. The molecule has 0 unspecified atom stereocenters. The van der Waals surface area contributed by atoms with Crippen LogP contribution in [0.5, 0.6) is 0 Å². The van der Waals surface area contributed by atoms with Crippen molar-refractivity contribution in [1.29, 1.82) is 0 Å². The molecule has 4 heteroatoms. The van der Waals surface area contributed by atoms with Crippen LogP contribution in [-0.2, 0) is 0 Å². The third-order valence-corrected chi connectivity index (χ3v) is 1.67. The van der Waals surface area contributed by atoms with Crippen LogP contribution in [-0.4, -0.2) is 5.84 Å². The Morgan fingerprint density at radius 2 is 2.08 bits per heavy atom. The highest BCUT2D eigenvalue weighted by atomic mass is 15.3. The van der Waals surface area contributed by atoms with Crippen LogP contribution < -0.4 is 17.1 Å². The van der Waals surface area contributed by atoms with Crippen molar-refractivity contribution in [2.24, 2.45) is 16.8 Å². The van der Waals surface area contributed by atoms with Crippen molar-refractivity contribution in [2.45, 2.75) is 6.92 Å². The number of nitrogens with two attached hydrogens (primary N) is 2. The molecule has 4 nitrogen and oxygen atoms in total. The second-order valence-electron chi connectivity index (χ2n) is 2.44. The van der Waals surface area contributed by atoms with Gasteiger partial charge in [0.1, 0.15) is 0 Å². The zero-order chi connectivity index (χ0) is 8.97. The normalized spacial score (nSPS) is 11.3. The Hall–Kier alpha value is -1.55. The van der Waals surface area contributed by atoms with Gasteiger partial charge in [-0.2, -0.15) is 5.10 Å². The molecule has 0 radical (unpaired) electrons. The van der Waals surface area contributed by atoms with Gasteiger partial charge < -0.3 is 11.3 Å². The van der Waals surface area contributed by atoms with Gasteiger partial charge in [-0.15, -0.1) is 0 Å². The monoisotopic (exact) mass is 164 g/mol. The largest absolute Gasteiger partial charge is 0.321 e. The lowest BCUT2D eigenvalue weighted by Crippen LogP contribution is -2.32. The number of hydrazine groups is 1. The van der Waals surface area contributed by atoms with Crippen LogP contribution >= 0.6 is 0 Å². The second kappa shape index (κ2) is 3.73. The molecule has 0 spiro atoms. The van der Waals surface area contributed by atoms with E-state index in [4.69, 9.17) is 11.7 Å². The molecule has 0 aromatic heterocycles. The third kappa shape index (κ3) is 1.54. The van der Waals surface area contributed by atoms with Crippen molar-refractivity contribution in [3.05, 3.63) is 35.4 Å². The van der Waals surface area contributed by atoms with E-state index in [1.165, 1.54) is 0 Å². The van der Waals surface area contributed by atoms with Crippen molar-refractivity contribution >= 4 is 5.84 Å². The fourth-order valence-electron chi connectivity index (χ4n) is 1.02. The summed E-state index contributed by atoms with van der Waals surface area (Å²) in [6.45, 7) is 1.97. The van der Waals surface area contributed by atoms with Gasteiger partial charge in [0.05, 0.1) is 0 Å². The molecule has 0 aliphatic heterocycles. The Morgan fingerprint density at radius 1 is 1.42 bits per heavy atom. The van der Waals surface area contributed by atoms with Crippen LogP contribution in [0.15, 0.2) is 29.4 Å². The lowest BCUT2D eigenvalue weighted by molar-refractivity contribution is 1.00. The molecule has 0 atom stereocenters. The summed E-state index contributed by atoms with van der Waals surface area (Å²) in [5.41, 5.74) is 4.44. The van der Waals surface area contributed by atoms with E-state index >= 15 is 0 Å². The van der Waals surface area contributed by atoms with E-state index in [1.54, 1.807) is 0 Å². The Morgan fingerprint density at radius 3 is 2.58 bits per heavy atom. The number of hydrazone groups is 1. The van der Waals surface area contributed by atoms with Crippen LogP contribution in [0.3, 0.4) is 0 Å². The first-order chi connectivity index (χ1) is 5.79. The molecule has 64 valence electrons. The van der Waals surface area contributed by atoms with Crippen molar-refractivity contribution < 1.29 is 0 Å². The lowest BCUT2D eigenvalue weighted by atomic mass is 10.1. The Bertz CT molecular complexity index is 293. The maximum atomic E-state index is 5.22. The van der Waals surface area contributed by atoms with E-state index in [9.17, 15) is 0 Å². The quantitative estimate of drug-likeness (QED) is 0.238. The molecular formula is C8H12N4. The predicted molar refractivity (Wildman–Crippen MR) is 49.2 cm³/mol. The average Bonchev–Trinajstić information content (AvgIpc) is 2.10. The Kier molecular flexibility index (Phi) is 2.66. The highest BCUT2D eigenvalue weighted by molar-refractivity contribution is 5.99. The zero-order valence-electron chi connectivity index (χ0n) is 6.91. The van der Waals surface area contributed by atoms with Gasteiger partial charge in [0.25, 0.3) is 0 Å². The maximum absolute atomic E-state index is 5.22. The molecule has 1 rings (SSSR count). The SMILES string of the molecule is Cc1ccccc1C(=NN)NN. The highest BCUT2D eigenvalue weighted by Gasteiger charge is 2.02. The molecule has 0 aliphatic rings. The fraction of sp³-hybridized carbons (Fsp3) is 0.125. The number of rotatable bonds is 1. The summed E-state index contributed by atoms with van der Waals surface area (Å²) in [4.78, 5) is 0. The number of amidine groups is 1. The summed E-state index contributed by atoms with van der Waals surface area (Å²) in [6.07, 6.45) is 0. The standard InChI is InChI=1S/C8H12N4/c1-6-4-2-3-5-7(6)8(11-9)12-10/h2-5H,9-10H2,1H3,(H,11,12). The van der Waals surface area contributed by atoms with E-state index in [0.29, 0.717) is 5.84 Å². The molecule has 0 heterocycles. The summed E-state index contributed by atoms with van der Waals surface area (Å²) in [7, 11) is 0. The van der Waals surface area contributed by atoms with Crippen molar-refractivity contribution in [1.82, 2.24) is 5.43 Å². The molecular weight excluding hydrogens is 152 g/mol. The van der Waals surface area contributed by atoms with Gasteiger partial charge in [0.2, 0.25) is 0 Å². The first kappa shape index (κ1) is 8.55. The van der Waals surface area contributed by atoms with Gasteiger partial charge >= 0.3 is 0 Å². The number of nitrogens with one attached hydrogen (secondary N) is 1. The van der Waals surface area contributed by atoms with Crippen molar-refractivity contribution in [3.63, 3.8) is 0 Å². The minimum atomic E-state index is 0.494. The third-order valence-electron chi connectivity index (χ3n) is 1.67. The molecule has 1 aromatic rings. The van der Waals surface area contributed by atoms with Gasteiger partial charge in [-0.05, 0) is 12.5 Å². The summed E-state index contributed by atoms with van der Waals surface area (Å²) < 4.78 is 0. The van der Waals surface area contributed by atoms with Gasteiger partial charge in [-0.3, -0.25) is 0 Å². The van der Waals surface area contributed by atoms with Gasteiger partial charge in [0.15, 0.2) is 5.84 Å². The zero-order valence-corrected chi connectivity index (χ0v) is 6.91. The van der Waals surface area contributed by atoms with Crippen LogP contribution in [0.2, 0.25) is 0 Å². The average molecular weight is 164 g/mol. The molecule has 0 fully saturated rings. The summed E-state index contributed by atoms with van der Waals surface area (Å²) in [6, 6.07) is 7.73. The van der Waals surface area contributed by atoms with E-state index in [-0.39, 0.29) is 0 Å². The second-order valence-corrected chi connectivity index (χ2v) is 2.44. The fourth-order valence-corrected chi connectivity index (χ4v) is 1.02. The molecule has 0 bridgehead atoms.